The van der Waals surface area contributed by atoms with E-state index in [-0.39, 0.29) is 24.8 Å². The molecule has 0 fully saturated rings. The quantitative estimate of drug-likeness (QED) is 0.221. The summed E-state index contributed by atoms with van der Waals surface area (Å²) in [6, 6.07) is 2.48. The Morgan fingerprint density at radius 2 is 0.812 bits per heavy atom. The number of hydrogen-bond acceptors (Lipinski definition) is 0. The average Bonchev–Trinajstić information content (AvgIpc) is 2.41. The summed E-state index contributed by atoms with van der Waals surface area (Å²) >= 11 is 1.55. The number of halogens is 2. The van der Waals surface area contributed by atoms with Gasteiger partial charge >= 0.3 is 41.3 Å². The molecule has 0 aromatic carbocycles. The second-order valence-electron chi connectivity index (χ2n) is 12.7. The fourth-order valence-corrected chi connectivity index (χ4v) is 4.12. The number of hydrogen-bond donors (Lipinski definition) is 0. The van der Waals surface area contributed by atoms with E-state index in [0.717, 1.165) is 0 Å². The van der Waals surface area contributed by atoms with Gasteiger partial charge in [-0.2, -0.15) is 12.2 Å². The zero-order valence-corrected chi connectivity index (χ0v) is 31.6. The predicted molar refractivity (Wildman–Crippen MR) is 153 cm³/mol. The Kier molecular flexibility index (Phi) is 29.0. The molecule has 0 unspecified atom stereocenters. The topological polar surface area (TPSA) is 0 Å². The van der Waals surface area contributed by atoms with Crippen molar-refractivity contribution in [2.24, 2.45) is 0 Å². The van der Waals surface area contributed by atoms with Crippen LogP contribution in [0, 0.1) is 12.2 Å². The van der Waals surface area contributed by atoms with Gasteiger partial charge in [-0.15, -0.1) is 0 Å². The first-order chi connectivity index (χ1) is 13.1. The van der Waals surface area contributed by atoms with E-state index in [9.17, 15) is 0 Å². The fraction of sp³-hybridized carbons (Fsp3) is 0.640. The molecular weight excluding hydrogens is 575 g/mol. The third kappa shape index (κ3) is 63.3. The Morgan fingerprint density at radius 3 is 0.969 bits per heavy atom. The van der Waals surface area contributed by atoms with Crippen molar-refractivity contribution < 1.29 is 49.0 Å². The molecule has 0 rings (SSSR count). The van der Waals surface area contributed by atoms with Crippen LogP contribution in [0.1, 0.15) is 13.8 Å². The molecule has 0 aliphatic carbocycles. The summed E-state index contributed by atoms with van der Waals surface area (Å²) in [4.78, 5) is 0. The van der Waals surface area contributed by atoms with E-state index in [0.29, 0.717) is 0 Å². The summed E-state index contributed by atoms with van der Waals surface area (Å²) in [5, 5.41) is 0. The van der Waals surface area contributed by atoms with Crippen molar-refractivity contribution in [1.82, 2.24) is 0 Å². The largest absolute Gasteiger partial charge is 1.00 e. The first-order valence-corrected chi connectivity index (χ1v) is 27.0. The fourth-order valence-electron chi connectivity index (χ4n) is 1.46. The number of rotatable bonds is 8. The first kappa shape index (κ1) is 43.3. The molecule has 0 spiro atoms. The Hall–Kier alpha value is 1.16. The third-order valence-electron chi connectivity index (χ3n) is 3.02. The van der Waals surface area contributed by atoms with Crippen LogP contribution >= 0.6 is 0 Å². The van der Waals surface area contributed by atoms with Gasteiger partial charge in [0.05, 0.1) is 0 Å². The van der Waals surface area contributed by atoms with E-state index in [1.807, 2.05) is 0 Å². The summed E-state index contributed by atoms with van der Waals surface area (Å²) in [7, 11) is -3.80. The molecule has 0 radical (unpaired) electrons. The van der Waals surface area contributed by atoms with Gasteiger partial charge in [-0.05, 0) is 16.1 Å². The van der Waals surface area contributed by atoms with Crippen molar-refractivity contribution in [3.8, 4) is 0 Å². The van der Waals surface area contributed by atoms with E-state index in [1.54, 1.807) is 24.2 Å². The summed E-state index contributed by atoms with van der Waals surface area (Å²) < 4.78 is 1.51. The van der Waals surface area contributed by atoms with Crippen LogP contribution in [0.3, 0.4) is 0 Å². The van der Waals surface area contributed by atoms with Crippen LogP contribution in [0.25, 0.3) is 0 Å². The maximum Gasteiger partial charge on any atom is 0.0465 e. The minimum atomic E-state index is -1.00. The smallest absolute Gasteiger partial charge is 0.0465 e. The Labute approximate surface area is 235 Å². The Morgan fingerprint density at radius 1 is 0.594 bits per heavy atom. The van der Waals surface area contributed by atoms with Gasteiger partial charge in [0.15, 0.2) is 0 Å². The van der Waals surface area contributed by atoms with E-state index in [1.165, 1.54) is 15.3 Å². The minimum absolute atomic E-state index is 0. The zero-order valence-electron chi connectivity index (χ0n) is 23.6. The molecule has 0 aliphatic heterocycles. The Bertz CT molecular complexity index is 519. The van der Waals surface area contributed by atoms with Gasteiger partial charge in [-0.1, -0.05) is 90.7 Å². The van der Waals surface area contributed by atoms with Crippen LogP contribution < -0.4 is 24.8 Å². The first-order valence-electron chi connectivity index (χ1n) is 11.2. The maximum atomic E-state index is 3.26. The van der Waals surface area contributed by atoms with Crippen molar-refractivity contribution in [3.63, 3.8) is 0 Å². The van der Waals surface area contributed by atoms with Crippen LogP contribution in [0.2, 0.25) is 90.7 Å². The van der Waals surface area contributed by atoms with Crippen molar-refractivity contribution in [1.29, 1.82) is 0 Å². The number of allylic oxidation sites excluding steroid dienone is 6. The normalized spacial score (nSPS) is 12.8. The van der Waals surface area contributed by atoms with Gasteiger partial charge in [0.25, 0.3) is 0 Å². The molecule has 0 N–H and O–H groups in total. The van der Waals surface area contributed by atoms with E-state index in [4.69, 9.17) is 0 Å². The van der Waals surface area contributed by atoms with Crippen molar-refractivity contribution in [2.75, 3.05) is 0 Å². The van der Waals surface area contributed by atoms with Crippen LogP contribution in [-0.4, -0.2) is 35.5 Å². The average molecular weight is 627 g/mol. The van der Waals surface area contributed by atoms with Crippen LogP contribution in [0.5, 0.6) is 0 Å². The molecule has 0 heterocycles. The van der Waals surface area contributed by atoms with Gasteiger partial charge in [0.2, 0.25) is 0 Å². The van der Waals surface area contributed by atoms with Gasteiger partial charge in [-0.25, -0.2) is 23.6 Å². The summed E-state index contributed by atoms with van der Waals surface area (Å²) in [6.07, 6.45) is 15.1. The summed E-state index contributed by atoms with van der Waals surface area (Å²) in [5.41, 5.74) is 4.65. The van der Waals surface area contributed by atoms with Gasteiger partial charge < -0.3 is 24.8 Å². The molecule has 0 aromatic rings. The summed E-state index contributed by atoms with van der Waals surface area (Å²) in [6.45, 7) is 32.6. The molecule has 0 saturated carbocycles. The minimum Gasteiger partial charge on any atom is -1.00 e. The molecule has 0 amide bonds. The molecule has 32 heavy (non-hydrogen) atoms. The van der Waals surface area contributed by atoms with Crippen molar-refractivity contribution in [2.45, 2.75) is 104 Å². The van der Waals surface area contributed by atoms with Crippen molar-refractivity contribution in [3.05, 3.63) is 47.9 Å². The molecule has 0 bridgehead atoms. The molecule has 7 heteroatoms. The second kappa shape index (κ2) is 21.4. The van der Waals surface area contributed by atoms with E-state index < -0.39 is 32.3 Å². The van der Waals surface area contributed by atoms with E-state index in [2.05, 4.69) is 140 Å². The van der Waals surface area contributed by atoms with E-state index >= 15 is 0 Å². The van der Waals surface area contributed by atoms with Crippen LogP contribution in [0.15, 0.2) is 35.7 Å². The van der Waals surface area contributed by atoms with Gasteiger partial charge in [0, 0.05) is 16.1 Å². The molecule has 0 nitrogen and oxygen atoms in total. The van der Waals surface area contributed by atoms with Gasteiger partial charge in [-0.3, -0.25) is 12.2 Å². The van der Waals surface area contributed by atoms with Crippen LogP contribution in [-0.2, 0) is 24.2 Å². The molecular formula is C25H52Cl2Si4Zr-2. The Balaban J connectivity index is -0.000000123. The molecule has 0 saturated heterocycles. The predicted octanol–water partition coefficient (Wildman–Crippen LogP) is 2.99. The SMILES string of the molecule is C[C](C)=[Zr+2].C[Si](C)(C)/C=C/[C-]=CC[Si](C)(C)C.C[Si](C)(C)/C=C/[C-]=CC[Si](C)(C)C.[Cl-].[Cl-]. The molecule has 0 aliphatic rings. The maximum absolute atomic E-state index is 3.26. The van der Waals surface area contributed by atoms with Crippen LogP contribution in [0.4, 0.5) is 0 Å². The second-order valence-corrected chi connectivity index (χ2v) is 36.3. The molecule has 0 atom stereocenters. The van der Waals surface area contributed by atoms with Crippen molar-refractivity contribution >= 4 is 35.5 Å². The molecule has 0 aromatic heterocycles. The monoisotopic (exact) mass is 624 g/mol. The van der Waals surface area contributed by atoms with Gasteiger partial charge in [0.1, 0.15) is 0 Å². The standard InChI is InChI=1S/2C11H23Si2.C3H6.2ClH.Zr/c2*1-12(2,3)10-8-7-9-11-13(4,5)6;1-3-2;;;/h2*8-10H,11H2,1-6H3;1-2H3;2*1H;/q2*-1;;;;+2/p-2/b2*10-8+;;;;. The zero-order chi connectivity index (χ0) is 24.6. The third-order valence-corrected chi connectivity index (χ3v) is 8.21. The molecule has 188 valence electrons. The summed E-state index contributed by atoms with van der Waals surface area (Å²) in [5.74, 6) is 0.